The zero-order chi connectivity index (χ0) is 26.8. The Labute approximate surface area is 216 Å². The van der Waals surface area contributed by atoms with Gasteiger partial charge in [-0.25, -0.2) is 9.29 Å². The molecule has 38 heavy (non-hydrogen) atoms. The number of nitrogens with one attached hydrogen (secondary N) is 2. The molecule has 2 fully saturated rings. The van der Waals surface area contributed by atoms with Crippen molar-refractivity contribution in [2.24, 2.45) is 11.8 Å². The maximum Gasteiger partial charge on any atom is 0.308 e. The minimum atomic E-state index is -1.65. The van der Waals surface area contributed by atoms with E-state index in [9.17, 15) is 28.7 Å². The van der Waals surface area contributed by atoms with Crippen LogP contribution in [0.3, 0.4) is 0 Å². The van der Waals surface area contributed by atoms with Crippen molar-refractivity contribution in [1.82, 2.24) is 5.32 Å². The summed E-state index contributed by atoms with van der Waals surface area (Å²) in [6.07, 6.45) is 0.277. The summed E-state index contributed by atoms with van der Waals surface area (Å²) >= 11 is 0. The van der Waals surface area contributed by atoms with Crippen molar-refractivity contribution in [3.05, 3.63) is 83.7 Å². The number of esters is 1. The van der Waals surface area contributed by atoms with E-state index in [4.69, 9.17) is 4.74 Å². The van der Waals surface area contributed by atoms with E-state index >= 15 is 0 Å². The van der Waals surface area contributed by atoms with Gasteiger partial charge < -0.3 is 15.2 Å². The van der Waals surface area contributed by atoms with Crippen LogP contribution in [0.15, 0.2) is 66.7 Å². The maximum absolute atomic E-state index is 14.4. The summed E-state index contributed by atoms with van der Waals surface area (Å²) in [5.74, 6) is -4.43. The Morgan fingerprint density at radius 1 is 1.03 bits per heavy atom. The first-order valence-corrected chi connectivity index (χ1v) is 12.0. The number of amides is 3. The number of carbonyl (C=O) groups is 4. The lowest BCUT2D eigenvalue weighted by molar-refractivity contribution is -0.132. The Balaban J connectivity index is 1.45. The molecule has 1 spiro atoms. The van der Waals surface area contributed by atoms with E-state index in [-0.39, 0.29) is 29.2 Å². The number of nitrogens with zero attached hydrogens (tertiary/aromatic N) is 1. The fraction of sp³-hybridized carbons (Fsp3) is 0.214. The van der Waals surface area contributed by atoms with Crippen LogP contribution in [0.25, 0.3) is 0 Å². The van der Waals surface area contributed by atoms with E-state index in [0.29, 0.717) is 5.69 Å². The molecule has 3 aromatic carbocycles. The lowest BCUT2D eigenvalue weighted by atomic mass is 9.76. The molecule has 4 atom stereocenters. The van der Waals surface area contributed by atoms with Gasteiger partial charge in [-0.1, -0.05) is 12.1 Å². The molecule has 0 radical (unpaired) electrons. The number of carbonyl (C=O) groups excluding carboxylic acids is 4. The number of fused-ring (bicyclic) bond motifs is 4. The number of hydrogen-bond acceptors (Lipinski definition) is 7. The SMILES string of the molecule is CC(=O)Oc1ccc(N2C(=O)[C@@H]3[C@H](Cc4ccc(O)cc4)N[C@]4(C(=O)Nc5ccc(F)cc54)[C@@H]3C2=O)cc1. The summed E-state index contributed by atoms with van der Waals surface area (Å²) in [5.41, 5.74) is 0.0412. The molecule has 0 saturated carbocycles. The Kier molecular flexibility index (Phi) is 5.32. The van der Waals surface area contributed by atoms with E-state index < -0.39 is 52.9 Å². The highest BCUT2D eigenvalue weighted by atomic mass is 19.1. The van der Waals surface area contributed by atoms with Crippen LogP contribution in [0.4, 0.5) is 15.8 Å². The average molecular weight is 515 g/mol. The van der Waals surface area contributed by atoms with Gasteiger partial charge in [-0.2, -0.15) is 0 Å². The van der Waals surface area contributed by atoms with Crippen molar-refractivity contribution in [1.29, 1.82) is 0 Å². The Morgan fingerprint density at radius 2 is 1.74 bits per heavy atom. The van der Waals surface area contributed by atoms with Crippen molar-refractivity contribution in [3.63, 3.8) is 0 Å². The molecule has 3 aromatic rings. The topological polar surface area (TPSA) is 125 Å². The number of aromatic hydroxyl groups is 1. The first kappa shape index (κ1) is 23.8. The van der Waals surface area contributed by atoms with E-state index in [2.05, 4.69) is 10.6 Å². The third-order valence-corrected chi connectivity index (χ3v) is 7.43. The van der Waals surface area contributed by atoms with E-state index in [1.807, 2.05) is 0 Å². The van der Waals surface area contributed by atoms with Crippen molar-refractivity contribution >= 4 is 35.1 Å². The van der Waals surface area contributed by atoms with Crippen LogP contribution in [0.1, 0.15) is 18.1 Å². The molecule has 3 N–H and O–H groups in total. The van der Waals surface area contributed by atoms with Crippen molar-refractivity contribution in [2.75, 3.05) is 10.2 Å². The van der Waals surface area contributed by atoms with Crippen LogP contribution in [-0.4, -0.2) is 34.8 Å². The van der Waals surface area contributed by atoms with Crippen molar-refractivity contribution in [3.8, 4) is 11.5 Å². The van der Waals surface area contributed by atoms with E-state index in [1.165, 1.54) is 61.5 Å². The number of imide groups is 1. The molecular weight excluding hydrogens is 493 g/mol. The van der Waals surface area contributed by atoms with Gasteiger partial charge in [0.25, 0.3) is 0 Å². The summed E-state index contributed by atoms with van der Waals surface area (Å²) in [7, 11) is 0. The van der Waals surface area contributed by atoms with Crippen LogP contribution in [-0.2, 0) is 31.1 Å². The van der Waals surface area contributed by atoms with Gasteiger partial charge in [-0.15, -0.1) is 0 Å². The van der Waals surface area contributed by atoms with Gasteiger partial charge in [0, 0.05) is 24.2 Å². The van der Waals surface area contributed by atoms with Crippen LogP contribution in [0.5, 0.6) is 11.5 Å². The fourth-order valence-corrected chi connectivity index (χ4v) is 5.92. The van der Waals surface area contributed by atoms with Gasteiger partial charge >= 0.3 is 5.97 Å². The smallest absolute Gasteiger partial charge is 0.308 e. The van der Waals surface area contributed by atoms with Crippen molar-refractivity contribution in [2.45, 2.75) is 24.9 Å². The summed E-state index contributed by atoms with van der Waals surface area (Å²) < 4.78 is 19.5. The average Bonchev–Trinajstić information content (AvgIpc) is 3.45. The Bertz CT molecular complexity index is 1510. The normalized spacial score (nSPS) is 25.5. The van der Waals surface area contributed by atoms with Crippen LogP contribution < -0.4 is 20.3 Å². The van der Waals surface area contributed by atoms with Gasteiger partial charge in [0.15, 0.2) is 0 Å². The molecule has 3 aliphatic heterocycles. The highest BCUT2D eigenvalue weighted by Crippen LogP contribution is 2.54. The molecule has 0 aromatic heterocycles. The quantitative estimate of drug-likeness (QED) is 0.277. The summed E-state index contributed by atoms with van der Waals surface area (Å²) in [6, 6.07) is 15.6. The third-order valence-electron chi connectivity index (χ3n) is 7.43. The third kappa shape index (κ3) is 3.48. The van der Waals surface area contributed by atoms with E-state index in [0.717, 1.165) is 10.5 Å². The number of anilines is 2. The minimum absolute atomic E-state index is 0.0811. The lowest BCUT2D eigenvalue weighted by Crippen LogP contribution is -2.53. The monoisotopic (exact) mass is 515 g/mol. The molecular formula is C28H22FN3O6. The second-order valence-corrected chi connectivity index (χ2v) is 9.68. The highest BCUT2D eigenvalue weighted by Gasteiger charge is 2.70. The van der Waals surface area contributed by atoms with Crippen LogP contribution in [0.2, 0.25) is 0 Å². The largest absolute Gasteiger partial charge is 0.508 e. The molecule has 2 saturated heterocycles. The second kappa shape index (κ2) is 8.49. The second-order valence-electron chi connectivity index (χ2n) is 9.68. The number of hydrogen-bond donors (Lipinski definition) is 3. The Hall–Kier alpha value is -4.57. The molecule has 3 amide bonds. The summed E-state index contributed by atoms with van der Waals surface area (Å²) in [6.45, 7) is 1.26. The number of benzene rings is 3. The highest BCUT2D eigenvalue weighted by molar-refractivity contribution is 6.25. The molecule has 0 aliphatic carbocycles. The minimum Gasteiger partial charge on any atom is -0.508 e. The van der Waals surface area contributed by atoms with Gasteiger partial charge in [-0.05, 0) is 66.6 Å². The summed E-state index contributed by atoms with van der Waals surface area (Å²) in [5, 5.41) is 15.7. The Morgan fingerprint density at radius 3 is 2.42 bits per heavy atom. The first-order chi connectivity index (χ1) is 18.2. The molecule has 6 rings (SSSR count). The molecule has 3 aliphatic rings. The zero-order valence-electron chi connectivity index (χ0n) is 20.1. The number of phenolic OH excluding ortho intramolecular Hbond substituents is 1. The van der Waals surface area contributed by atoms with Gasteiger partial charge in [0.05, 0.1) is 17.5 Å². The van der Waals surface area contributed by atoms with Crippen molar-refractivity contribution < 1.29 is 33.4 Å². The fourth-order valence-electron chi connectivity index (χ4n) is 5.92. The lowest BCUT2D eigenvalue weighted by Gasteiger charge is -2.29. The number of halogens is 1. The molecule has 3 heterocycles. The molecule has 10 heteroatoms. The van der Waals surface area contributed by atoms with Gasteiger partial charge in [-0.3, -0.25) is 24.5 Å². The number of phenols is 1. The molecule has 9 nitrogen and oxygen atoms in total. The zero-order valence-corrected chi connectivity index (χ0v) is 20.1. The predicted octanol–water partition coefficient (Wildman–Crippen LogP) is 2.62. The molecule has 0 unspecified atom stereocenters. The van der Waals surface area contributed by atoms with Gasteiger partial charge in [0.1, 0.15) is 22.9 Å². The number of rotatable bonds is 4. The number of ether oxygens (including phenoxy) is 1. The summed E-state index contributed by atoms with van der Waals surface area (Å²) in [4.78, 5) is 53.7. The van der Waals surface area contributed by atoms with Crippen LogP contribution in [0, 0.1) is 17.7 Å². The maximum atomic E-state index is 14.4. The standard InChI is InChI=1S/C28H22FN3O6/c1-14(33)38-19-9-5-17(6-10-19)32-25(35)23-22(12-15-2-7-18(34)8-3-15)31-28(24(23)26(32)36)20-13-16(29)4-11-21(20)30-27(28)37/h2-11,13,22-24,31,34H,12H2,1H3,(H,30,37)/t22-,23+,24-,28-/m0/s1. The molecule has 192 valence electrons. The van der Waals surface area contributed by atoms with Gasteiger partial charge in [0.2, 0.25) is 17.7 Å². The molecule has 0 bridgehead atoms. The van der Waals surface area contributed by atoms with E-state index in [1.54, 1.807) is 12.1 Å². The first-order valence-electron chi connectivity index (χ1n) is 12.0. The van der Waals surface area contributed by atoms with Crippen LogP contribution >= 0.6 is 0 Å². The predicted molar refractivity (Wildman–Crippen MR) is 133 cm³/mol.